The quantitative estimate of drug-likeness (QED) is 0.637. The third kappa shape index (κ3) is 4.24. The number of nitrogens with zero attached hydrogens (tertiary/aromatic N) is 3. The maximum absolute atomic E-state index is 13.2. The standard InChI is InChI=1S/C25H27ClN4O/c1-16-11-18(12-17-5-2-7-20(26)13-17)14-23(27-16)19-6-4-10-30(15-19)25(31)24-21-8-3-9-22(21)28-29-24/h2,5,7,11,13-14,19H,3-4,6,8-10,12,15H2,1H3,(H,28,29)/t19-/m1/s1. The van der Waals surface area contributed by atoms with E-state index in [4.69, 9.17) is 16.6 Å². The Kier molecular flexibility index (Phi) is 5.53. The van der Waals surface area contributed by atoms with Crippen LogP contribution in [0.25, 0.3) is 0 Å². The molecular weight excluding hydrogens is 408 g/mol. The monoisotopic (exact) mass is 434 g/mol. The van der Waals surface area contributed by atoms with Gasteiger partial charge in [-0.2, -0.15) is 5.10 Å². The van der Waals surface area contributed by atoms with Crippen molar-refractivity contribution in [3.8, 4) is 0 Å². The predicted molar refractivity (Wildman–Crippen MR) is 122 cm³/mol. The molecule has 3 aromatic rings. The van der Waals surface area contributed by atoms with E-state index in [1.807, 2.05) is 30.0 Å². The highest BCUT2D eigenvalue weighted by Gasteiger charge is 2.31. The number of nitrogens with one attached hydrogen (secondary N) is 1. The molecule has 1 amide bonds. The molecule has 5 nitrogen and oxygen atoms in total. The van der Waals surface area contributed by atoms with Gasteiger partial charge < -0.3 is 4.90 Å². The number of likely N-dealkylation sites (tertiary alicyclic amines) is 1. The molecule has 0 saturated carbocycles. The van der Waals surface area contributed by atoms with Crippen LogP contribution in [0.2, 0.25) is 5.02 Å². The fraction of sp³-hybridized carbons (Fsp3) is 0.400. The molecular formula is C25H27ClN4O. The molecule has 1 fully saturated rings. The average Bonchev–Trinajstić information content (AvgIpc) is 3.37. The van der Waals surface area contributed by atoms with E-state index in [0.717, 1.165) is 72.7 Å². The topological polar surface area (TPSA) is 61.9 Å². The van der Waals surface area contributed by atoms with Gasteiger partial charge in [0.1, 0.15) is 0 Å². The Morgan fingerprint density at radius 2 is 2.10 bits per heavy atom. The summed E-state index contributed by atoms with van der Waals surface area (Å²) in [6, 6.07) is 12.4. The van der Waals surface area contributed by atoms with Crippen molar-refractivity contribution in [2.45, 2.75) is 51.4 Å². The zero-order valence-electron chi connectivity index (χ0n) is 17.8. The summed E-state index contributed by atoms with van der Waals surface area (Å²) in [5.74, 6) is 0.318. The van der Waals surface area contributed by atoms with Crippen LogP contribution in [-0.4, -0.2) is 39.1 Å². The second kappa shape index (κ2) is 8.46. The number of pyridine rings is 1. The Bertz CT molecular complexity index is 1120. The number of aryl methyl sites for hydroxylation is 2. The van der Waals surface area contributed by atoms with Crippen LogP contribution in [-0.2, 0) is 19.3 Å². The van der Waals surface area contributed by atoms with E-state index in [1.165, 1.54) is 11.1 Å². The molecule has 1 aliphatic carbocycles. The number of aromatic amines is 1. The summed E-state index contributed by atoms with van der Waals surface area (Å²) in [4.78, 5) is 20.0. The SMILES string of the molecule is Cc1cc(Cc2cccc(Cl)c2)cc([C@@H]2CCCN(C(=O)c3n[nH]c4c3CCC4)C2)n1. The van der Waals surface area contributed by atoms with E-state index < -0.39 is 0 Å². The van der Waals surface area contributed by atoms with Crippen molar-refractivity contribution >= 4 is 17.5 Å². The van der Waals surface area contributed by atoms with Gasteiger partial charge in [0.05, 0.1) is 0 Å². The summed E-state index contributed by atoms with van der Waals surface area (Å²) < 4.78 is 0. The van der Waals surface area contributed by atoms with E-state index >= 15 is 0 Å². The molecule has 0 unspecified atom stereocenters. The summed E-state index contributed by atoms with van der Waals surface area (Å²) in [6.45, 7) is 3.54. The number of benzene rings is 1. The normalized spacial score (nSPS) is 18.3. The number of piperidine rings is 1. The fourth-order valence-corrected chi connectivity index (χ4v) is 5.22. The van der Waals surface area contributed by atoms with Gasteiger partial charge in [-0.1, -0.05) is 23.7 Å². The Morgan fingerprint density at radius 1 is 1.19 bits per heavy atom. The zero-order chi connectivity index (χ0) is 21.4. The van der Waals surface area contributed by atoms with Crippen molar-refractivity contribution in [2.75, 3.05) is 13.1 Å². The minimum Gasteiger partial charge on any atom is -0.337 e. The zero-order valence-corrected chi connectivity index (χ0v) is 18.6. The number of aromatic nitrogens is 3. The minimum absolute atomic E-state index is 0.0657. The van der Waals surface area contributed by atoms with Gasteiger partial charge in [-0.15, -0.1) is 0 Å². The lowest BCUT2D eigenvalue weighted by atomic mass is 9.92. The Morgan fingerprint density at radius 3 is 2.97 bits per heavy atom. The van der Waals surface area contributed by atoms with E-state index in [1.54, 1.807) is 0 Å². The molecule has 1 aromatic carbocycles. The maximum atomic E-state index is 13.2. The molecule has 1 aliphatic heterocycles. The molecule has 0 radical (unpaired) electrons. The Labute approximate surface area is 187 Å². The fourth-order valence-electron chi connectivity index (χ4n) is 5.01. The Hall–Kier alpha value is -2.66. The second-order valence-electron chi connectivity index (χ2n) is 8.82. The molecule has 6 heteroatoms. The number of hydrogen-bond donors (Lipinski definition) is 1. The highest BCUT2D eigenvalue weighted by Crippen LogP contribution is 2.30. The van der Waals surface area contributed by atoms with E-state index in [-0.39, 0.29) is 11.8 Å². The lowest BCUT2D eigenvalue weighted by Crippen LogP contribution is -2.39. The molecule has 2 aromatic heterocycles. The van der Waals surface area contributed by atoms with E-state index in [0.29, 0.717) is 12.2 Å². The number of carbonyl (C=O) groups is 1. The van der Waals surface area contributed by atoms with Gasteiger partial charge >= 0.3 is 0 Å². The van der Waals surface area contributed by atoms with Gasteiger partial charge in [-0.05, 0) is 80.8 Å². The average molecular weight is 435 g/mol. The highest BCUT2D eigenvalue weighted by molar-refractivity contribution is 6.30. The van der Waals surface area contributed by atoms with Gasteiger partial charge in [-0.3, -0.25) is 14.9 Å². The number of carbonyl (C=O) groups excluding carboxylic acids is 1. The molecule has 1 saturated heterocycles. The molecule has 31 heavy (non-hydrogen) atoms. The summed E-state index contributed by atoms with van der Waals surface area (Å²) in [7, 11) is 0. The van der Waals surface area contributed by atoms with E-state index in [9.17, 15) is 4.79 Å². The maximum Gasteiger partial charge on any atom is 0.274 e. The van der Waals surface area contributed by atoms with Crippen molar-refractivity contribution in [3.05, 3.63) is 80.9 Å². The third-order valence-corrected chi connectivity index (χ3v) is 6.70. The van der Waals surface area contributed by atoms with Crippen LogP contribution in [0.3, 0.4) is 0 Å². The number of hydrogen-bond acceptors (Lipinski definition) is 3. The number of H-pyrrole nitrogens is 1. The van der Waals surface area contributed by atoms with Crippen molar-refractivity contribution in [2.24, 2.45) is 0 Å². The lowest BCUT2D eigenvalue weighted by Gasteiger charge is -2.32. The Balaban J connectivity index is 1.35. The van der Waals surface area contributed by atoms with Crippen LogP contribution >= 0.6 is 11.6 Å². The van der Waals surface area contributed by atoms with Gasteiger partial charge in [-0.25, -0.2) is 0 Å². The smallest absolute Gasteiger partial charge is 0.274 e. The lowest BCUT2D eigenvalue weighted by molar-refractivity contribution is 0.0698. The van der Waals surface area contributed by atoms with Gasteiger partial charge in [0, 0.05) is 46.7 Å². The first-order chi connectivity index (χ1) is 15.1. The molecule has 2 aliphatic rings. The van der Waals surface area contributed by atoms with Crippen LogP contribution in [0.5, 0.6) is 0 Å². The van der Waals surface area contributed by atoms with Crippen LogP contribution in [0.1, 0.15) is 69.4 Å². The van der Waals surface area contributed by atoms with Crippen molar-refractivity contribution in [1.29, 1.82) is 0 Å². The summed E-state index contributed by atoms with van der Waals surface area (Å²) in [5.41, 5.74) is 7.43. The first-order valence-corrected chi connectivity index (χ1v) is 11.5. The summed E-state index contributed by atoms with van der Waals surface area (Å²) in [6.07, 6.45) is 5.93. The van der Waals surface area contributed by atoms with Crippen LogP contribution in [0.15, 0.2) is 36.4 Å². The number of rotatable bonds is 4. The molecule has 0 bridgehead atoms. The first-order valence-electron chi connectivity index (χ1n) is 11.1. The highest BCUT2D eigenvalue weighted by atomic mass is 35.5. The first kappa shape index (κ1) is 20.3. The van der Waals surface area contributed by atoms with Crippen molar-refractivity contribution in [1.82, 2.24) is 20.1 Å². The van der Waals surface area contributed by atoms with Gasteiger partial charge in [0.2, 0.25) is 0 Å². The minimum atomic E-state index is 0.0657. The van der Waals surface area contributed by atoms with Crippen LogP contribution < -0.4 is 0 Å². The summed E-state index contributed by atoms with van der Waals surface area (Å²) >= 11 is 6.16. The summed E-state index contributed by atoms with van der Waals surface area (Å²) in [5, 5.41) is 8.18. The van der Waals surface area contributed by atoms with Crippen molar-refractivity contribution in [3.63, 3.8) is 0 Å². The second-order valence-corrected chi connectivity index (χ2v) is 9.26. The van der Waals surface area contributed by atoms with Gasteiger partial charge in [0.15, 0.2) is 5.69 Å². The van der Waals surface area contributed by atoms with Crippen molar-refractivity contribution < 1.29 is 4.79 Å². The molecule has 0 spiro atoms. The predicted octanol–water partition coefficient (Wildman–Crippen LogP) is 4.87. The largest absolute Gasteiger partial charge is 0.337 e. The number of amides is 1. The van der Waals surface area contributed by atoms with Crippen LogP contribution in [0, 0.1) is 6.92 Å². The molecule has 1 N–H and O–H groups in total. The number of fused-ring (bicyclic) bond motifs is 1. The van der Waals surface area contributed by atoms with Crippen LogP contribution in [0.4, 0.5) is 0 Å². The molecule has 1 atom stereocenters. The van der Waals surface area contributed by atoms with Gasteiger partial charge in [0.25, 0.3) is 5.91 Å². The molecule has 5 rings (SSSR count). The third-order valence-electron chi connectivity index (χ3n) is 6.47. The number of halogens is 1. The molecule has 160 valence electrons. The van der Waals surface area contributed by atoms with E-state index in [2.05, 4.69) is 28.4 Å². The molecule has 3 heterocycles.